The molecule has 3 N–H and O–H groups in total. The van der Waals surface area contributed by atoms with Crippen molar-refractivity contribution in [1.29, 1.82) is 0 Å². The van der Waals surface area contributed by atoms with Crippen LogP contribution in [0.5, 0.6) is 5.75 Å². The largest absolute Gasteiger partial charge is 0.492 e. The predicted octanol–water partition coefficient (Wildman–Crippen LogP) is 2.27. The highest BCUT2D eigenvalue weighted by Gasteiger charge is 2.62. The van der Waals surface area contributed by atoms with Crippen LogP contribution in [0.4, 0.5) is 4.79 Å². The van der Waals surface area contributed by atoms with Gasteiger partial charge < -0.3 is 25.0 Å². The van der Waals surface area contributed by atoms with Crippen LogP contribution in [0.1, 0.15) is 46.5 Å². The first-order chi connectivity index (χ1) is 21.7. The van der Waals surface area contributed by atoms with Crippen LogP contribution in [0.2, 0.25) is 0 Å². The highest BCUT2D eigenvalue weighted by molar-refractivity contribution is 7.91. The number of sulfonamides is 1. The van der Waals surface area contributed by atoms with E-state index in [9.17, 15) is 27.6 Å². The van der Waals surface area contributed by atoms with Crippen LogP contribution in [0.25, 0.3) is 10.9 Å². The third-order valence-corrected chi connectivity index (χ3v) is 10.7. The molecule has 13 nitrogen and oxygen atoms in total. The van der Waals surface area contributed by atoms with E-state index in [2.05, 4.69) is 26.9 Å². The van der Waals surface area contributed by atoms with Crippen LogP contribution in [-0.4, -0.2) is 85.3 Å². The molecular weight excluding hydrogens is 614 g/mol. The molecule has 1 unspecified atom stereocenters. The minimum Gasteiger partial charge on any atom is -0.492 e. The number of carbonyl (C=O) groups excluding carboxylic acids is 4. The summed E-state index contributed by atoms with van der Waals surface area (Å²) >= 11 is 0. The van der Waals surface area contributed by atoms with Gasteiger partial charge in [-0.25, -0.2) is 13.2 Å². The number of aromatic nitrogens is 1. The highest BCUT2D eigenvalue weighted by atomic mass is 32.2. The number of carbonyl (C=O) groups is 4. The van der Waals surface area contributed by atoms with Crippen molar-refractivity contribution in [1.82, 2.24) is 25.2 Å². The van der Waals surface area contributed by atoms with Gasteiger partial charge in [-0.05, 0) is 49.3 Å². The summed E-state index contributed by atoms with van der Waals surface area (Å²) in [7, 11) is -2.67. The average Bonchev–Trinajstić information content (AvgIpc) is 3.94. The molecule has 1 saturated heterocycles. The molecule has 2 aliphatic carbocycles. The van der Waals surface area contributed by atoms with E-state index < -0.39 is 68.0 Å². The summed E-state index contributed by atoms with van der Waals surface area (Å²) in [5.41, 5.74) is -1.50. The minimum absolute atomic E-state index is 0.134. The maximum atomic E-state index is 14.1. The number of amides is 4. The normalized spacial score (nSPS) is 24.9. The zero-order valence-electron chi connectivity index (χ0n) is 26.4. The van der Waals surface area contributed by atoms with Gasteiger partial charge in [0, 0.05) is 30.0 Å². The number of nitrogens with one attached hydrogen (secondary N) is 3. The fraction of sp³-hybridized carbons (Fsp3) is 0.531. The molecule has 3 fully saturated rings. The van der Waals surface area contributed by atoms with Crippen LogP contribution in [0, 0.1) is 17.3 Å². The first kappa shape index (κ1) is 33.2. The van der Waals surface area contributed by atoms with Gasteiger partial charge in [-0.3, -0.25) is 24.1 Å². The number of methoxy groups -OCH3 is 1. The van der Waals surface area contributed by atoms with Gasteiger partial charge in [-0.15, -0.1) is 6.58 Å². The second kappa shape index (κ2) is 12.5. The summed E-state index contributed by atoms with van der Waals surface area (Å²) in [6, 6.07) is 7.20. The monoisotopic (exact) mass is 655 g/mol. The molecule has 5 atom stereocenters. The summed E-state index contributed by atoms with van der Waals surface area (Å²) in [6.45, 7) is 9.40. The second-order valence-corrected chi connectivity index (χ2v) is 15.3. The number of hydrogen-bond donors (Lipinski definition) is 3. The summed E-state index contributed by atoms with van der Waals surface area (Å²) in [6.07, 6.45) is 3.67. The van der Waals surface area contributed by atoms with Crippen LogP contribution < -0.4 is 20.1 Å². The number of likely N-dealkylation sites (tertiary alicyclic amines) is 1. The second-order valence-electron chi connectivity index (χ2n) is 13.4. The van der Waals surface area contributed by atoms with Crippen molar-refractivity contribution in [2.24, 2.45) is 17.3 Å². The van der Waals surface area contributed by atoms with Gasteiger partial charge in [-0.2, -0.15) is 0 Å². The van der Waals surface area contributed by atoms with E-state index in [1.807, 2.05) is 24.3 Å². The van der Waals surface area contributed by atoms with Crippen LogP contribution in [0.3, 0.4) is 0 Å². The van der Waals surface area contributed by atoms with Gasteiger partial charge in [0.25, 0.3) is 5.91 Å². The average molecular weight is 656 g/mol. The molecule has 14 heteroatoms. The summed E-state index contributed by atoms with van der Waals surface area (Å²) in [4.78, 5) is 59.4. The zero-order chi connectivity index (χ0) is 33.4. The van der Waals surface area contributed by atoms with Gasteiger partial charge in [0.15, 0.2) is 0 Å². The van der Waals surface area contributed by atoms with Crippen LogP contribution in [0.15, 0.2) is 49.2 Å². The number of para-hydroxylation sites is 1. The lowest BCUT2D eigenvalue weighted by molar-refractivity contribution is -0.142. The lowest BCUT2D eigenvalue weighted by Crippen LogP contribution is -2.60. The molecule has 0 radical (unpaired) electrons. The quantitative estimate of drug-likeness (QED) is 0.307. The highest BCUT2D eigenvalue weighted by Crippen LogP contribution is 2.45. The third kappa shape index (κ3) is 6.81. The molecule has 5 rings (SSSR count). The number of pyridine rings is 1. The van der Waals surface area contributed by atoms with E-state index in [0.29, 0.717) is 18.6 Å². The molecule has 2 saturated carbocycles. The molecule has 1 aromatic heterocycles. The number of alkyl carbamates (subject to hydrolysis) is 1. The number of fused-ring (bicyclic) bond motifs is 1. The Bertz CT molecular complexity index is 1650. The van der Waals surface area contributed by atoms with E-state index in [1.54, 1.807) is 33.0 Å². The molecule has 0 bridgehead atoms. The smallest absolute Gasteiger partial charge is 0.407 e. The Morgan fingerprint density at radius 1 is 1.17 bits per heavy atom. The lowest BCUT2D eigenvalue weighted by atomic mass is 9.85. The Morgan fingerprint density at radius 3 is 2.52 bits per heavy atom. The molecule has 0 spiro atoms. The van der Waals surface area contributed by atoms with Gasteiger partial charge in [0.1, 0.15) is 23.4 Å². The van der Waals surface area contributed by atoms with E-state index in [4.69, 9.17) is 9.47 Å². The van der Waals surface area contributed by atoms with E-state index in [0.717, 1.165) is 10.9 Å². The lowest BCUT2D eigenvalue weighted by Gasteiger charge is -2.35. The summed E-state index contributed by atoms with van der Waals surface area (Å²) < 4.78 is 38.2. The predicted molar refractivity (Wildman–Crippen MR) is 169 cm³/mol. The molecule has 248 valence electrons. The SMILES string of the molecule is C=CC1C[C@]1(NC(=O)[C@@H]1C[C@@H](COc2ccnc3ccccc23)CN1C(=O)[C@@H](NC(=O)OC)C(C)(C)C)C(=O)NS(=O)(=O)C1CC1. The number of hydrogen-bond acceptors (Lipinski definition) is 9. The number of ether oxygens (including phenoxy) is 2. The third-order valence-electron chi connectivity index (χ3n) is 8.87. The van der Waals surface area contributed by atoms with Crippen molar-refractivity contribution in [3.8, 4) is 5.75 Å². The zero-order valence-corrected chi connectivity index (χ0v) is 27.3. The fourth-order valence-corrected chi connectivity index (χ4v) is 7.31. The van der Waals surface area contributed by atoms with Gasteiger partial charge in [-0.1, -0.05) is 39.0 Å². The molecule has 46 heavy (non-hydrogen) atoms. The van der Waals surface area contributed by atoms with Crippen LogP contribution in [-0.2, 0) is 29.1 Å². The molecule has 4 amide bonds. The number of rotatable bonds is 11. The van der Waals surface area contributed by atoms with Gasteiger partial charge in [0.05, 0.1) is 24.5 Å². The Morgan fingerprint density at radius 2 is 1.89 bits per heavy atom. The first-order valence-corrected chi connectivity index (χ1v) is 16.9. The van der Waals surface area contributed by atoms with E-state index in [-0.39, 0.29) is 31.9 Å². The van der Waals surface area contributed by atoms with Crippen LogP contribution >= 0.6 is 0 Å². The van der Waals surface area contributed by atoms with Crippen molar-refractivity contribution in [3.63, 3.8) is 0 Å². The van der Waals surface area contributed by atoms with Gasteiger partial charge in [0.2, 0.25) is 21.8 Å². The van der Waals surface area contributed by atoms with Crippen molar-refractivity contribution in [2.45, 2.75) is 69.3 Å². The van der Waals surface area contributed by atoms with E-state index in [1.165, 1.54) is 18.1 Å². The molecular formula is C32H41N5O8S. The summed E-state index contributed by atoms with van der Waals surface area (Å²) in [5.74, 6) is -2.10. The maximum absolute atomic E-state index is 14.1. The molecule has 2 heterocycles. The Kier molecular flexibility index (Phi) is 9.04. The number of benzene rings is 1. The first-order valence-electron chi connectivity index (χ1n) is 15.3. The molecule has 3 aliphatic rings. The van der Waals surface area contributed by atoms with Gasteiger partial charge >= 0.3 is 6.09 Å². The standard InChI is InChI=1S/C32H41N5O8S/c1-6-20-16-32(20,29(40)36-46(42,43)21-11-12-21)35-27(38)24-15-19(18-45-25-13-14-33-23-10-8-7-9-22(23)25)17-37(24)28(39)26(31(2,3)4)34-30(41)44-5/h6-10,13-14,19-21,24,26H,1,11-12,15-18H2,2-5H3,(H,34,41)(H,35,38)(H,36,40)/t19-,20?,24+,26-,32-/m1/s1. The number of nitrogens with zero attached hydrogens (tertiary/aromatic N) is 2. The van der Waals surface area contributed by atoms with Crippen molar-refractivity contribution in [3.05, 3.63) is 49.2 Å². The van der Waals surface area contributed by atoms with Crippen molar-refractivity contribution < 1.29 is 37.1 Å². The molecule has 2 aromatic rings. The topological polar surface area (TPSA) is 173 Å². The summed E-state index contributed by atoms with van der Waals surface area (Å²) in [5, 5.41) is 5.59. The molecule has 1 aliphatic heterocycles. The maximum Gasteiger partial charge on any atom is 0.407 e. The minimum atomic E-state index is -3.86. The fourth-order valence-electron chi connectivity index (χ4n) is 5.95. The molecule has 1 aromatic carbocycles. The Labute approximate surface area is 268 Å². The Balaban J connectivity index is 1.39. The van der Waals surface area contributed by atoms with Crippen molar-refractivity contribution >= 4 is 44.7 Å². The van der Waals surface area contributed by atoms with E-state index >= 15 is 0 Å². The van der Waals surface area contributed by atoms with Crippen molar-refractivity contribution in [2.75, 3.05) is 20.3 Å². The Hall–Kier alpha value is -4.20.